The highest BCUT2D eigenvalue weighted by atomic mass is 16.5. The number of hydrogen-bond donors (Lipinski definition) is 0. The van der Waals surface area contributed by atoms with E-state index in [9.17, 15) is 4.79 Å². The number of benzene rings is 1. The van der Waals surface area contributed by atoms with Crippen LogP contribution < -0.4 is 4.74 Å². The molecular formula is C22H28N2O2. The van der Waals surface area contributed by atoms with Gasteiger partial charge in [-0.05, 0) is 56.7 Å². The van der Waals surface area contributed by atoms with Crippen molar-refractivity contribution in [3.05, 3.63) is 59.4 Å². The molecular weight excluding hydrogens is 324 g/mol. The summed E-state index contributed by atoms with van der Waals surface area (Å²) in [6, 6.07) is 14.2. The Labute approximate surface area is 156 Å². The number of carbonyl (C=O) groups excluding carboxylic acids is 1. The van der Waals surface area contributed by atoms with Crippen LogP contribution in [0.5, 0.6) is 5.75 Å². The van der Waals surface area contributed by atoms with Gasteiger partial charge in [0.1, 0.15) is 11.4 Å². The number of amides is 1. The average molecular weight is 352 g/mol. The van der Waals surface area contributed by atoms with Crippen LogP contribution in [-0.2, 0) is 5.41 Å². The predicted molar refractivity (Wildman–Crippen MR) is 104 cm³/mol. The van der Waals surface area contributed by atoms with Gasteiger partial charge in [-0.2, -0.15) is 0 Å². The van der Waals surface area contributed by atoms with Crippen LogP contribution in [-0.4, -0.2) is 35.0 Å². The molecule has 0 bridgehead atoms. The molecule has 1 aromatic heterocycles. The highest BCUT2D eigenvalue weighted by Crippen LogP contribution is 2.35. The van der Waals surface area contributed by atoms with Crippen LogP contribution in [0, 0.1) is 6.92 Å². The molecule has 1 amide bonds. The van der Waals surface area contributed by atoms with Crippen LogP contribution in [0.2, 0.25) is 0 Å². The zero-order valence-corrected chi connectivity index (χ0v) is 16.2. The fourth-order valence-corrected chi connectivity index (χ4v) is 3.54. The Hall–Kier alpha value is -2.36. The highest BCUT2D eigenvalue weighted by molar-refractivity contribution is 5.92. The number of rotatable bonds is 4. The topological polar surface area (TPSA) is 42.4 Å². The van der Waals surface area contributed by atoms with Gasteiger partial charge in [-0.1, -0.05) is 37.3 Å². The van der Waals surface area contributed by atoms with Gasteiger partial charge in [-0.15, -0.1) is 0 Å². The van der Waals surface area contributed by atoms with Crippen LogP contribution in [0.15, 0.2) is 42.5 Å². The number of aromatic nitrogens is 1. The Morgan fingerprint density at radius 3 is 2.35 bits per heavy atom. The molecule has 26 heavy (non-hydrogen) atoms. The van der Waals surface area contributed by atoms with Crippen molar-refractivity contribution in [2.45, 2.75) is 52.1 Å². The predicted octanol–water partition coefficient (Wildman–Crippen LogP) is 4.37. The number of piperidine rings is 1. The molecule has 3 rings (SSSR count). The second-order valence-electron chi connectivity index (χ2n) is 7.67. The summed E-state index contributed by atoms with van der Waals surface area (Å²) >= 11 is 0. The number of pyridine rings is 1. The minimum absolute atomic E-state index is 0.0132. The van der Waals surface area contributed by atoms with Gasteiger partial charge in [-0.3, -0.25) is 4.79 Å². The molecule has 0 aliphatic carbocycles. The van der Waals surface area contributed by atoms with E-state index in [2.05, 4.69) is 36.2 Å². The van der Waals surface area contributed by atoms with E-state index in [4.69, 9.17) is 4.74 Å². The zero-order chi connectivity index (χ0) is 18.7. The maximum Gasteiger partial charge on any atom is 0.272 e. The molecule has 0 unspecified atom stereocenters. The van der Waals surface area contributed by atoms with E-state index in [1.165, 1.54) is 5.56 Å². The van der Waals surface area contributed by atoms with Crippen LogP contribution >= 0.6 is 0 Å². The second kappa shape index (κ2) is 7.48. The first-order valence-corrected chi connectivity index (χ1v) is 9.38. The molecule has 0 saturated carbocycles. The Bertz CT molecular complexity index is 763. The van der Waals surface area contributed by atoms with E-state index in [0.717, 1.165) is 37.4 Å². The highest BCUT2D eigenvalue weighted by Gasteiger charge is 2.33. The van der Waals surface area contributed by atoms with Crippen molar-refractivity contribution in [1.82, 2.24) is 9.88 Å². The SMILES string of the molecule is Cc1nc(C(=O)N2CCC(C)(c3ccccc3)CC2)ccc1OC(C)C. The molecule has 2 heterocycles. The summed E-state index contributed by atoms with van der Waals surface area (Å²) in [5.74, 6) is 0.756. The summed E-state index contributed by atoms with van der Waals surface area (Å²) in [7, 11) is 0. The molecule has 4 heteroatoms. The molecule has 1 saturated heterocycles. The molecule has 0 spiro atoms. The van der Waals surface area contributed by atoms with Crippen molar-refractivity contribution < 1.29 is 9.53 Å². The van der Waals surface area contributed by atoms with E-state index in [1.54, 1.807) is 6.07 Å². The van der Waals surface area contributed by atoms with Crippen LogP contribution in [0.1, 0.15) is 55.4 Å². The fraction of sp³-hybridized carbons (Fsp3) is 0.455. The Balaban J connectivity index is 1.68. The summed E-state index contributed by atoms with van der Waals surface area (Å²) in [5.41, 5.74) is 2.75. The van der Waals surface area contributed by atoms with Crippen molar-refractivity contribution in [2.75, 3.05) is 13.1 Å². The van der Waals surface area contributed by atoms with Gasteiger partial charge in [0.15, 0.2) is 0 Å². The van der Waals surface area contributed by atoms with E-state index >= 15 is 0 Å². The molecule has 0 radical (unpaired) electrons. The molecule has 1 fully saturated rings. The zero-order valence-electron chi connectivity index (χ0n) is 16.2. The summed E-state index contributed by atoms with van der Waals surface area (Å²) < 4.78 is 5.71. The van der Waals surface area contributed by atoms with E-state index in [0.29, 0.717) is 5.69 Å². The maximum atomic E-state index is 12.9. The van der Waals surface area contributed by atoms with Gasteiger partial charge in [-0.25, -0.2) is 4.98 Å². The number of ether oxygens (including phenoxy) is 1. The van der Waals surface area contributed by atoms with Gasteiger partial charge in [0, 0.05) is 13.1 Å². The normalized spacial score (nSPS) is 16.6. The minimum atomic E-state index is 0.0132. The van der Waals surface area contributed by atoms with Gasteiger partial charge >= 0.3 is 0 Å². The summed E-state index contributed by atoms with van der Waals surface area (Å²) in [6.45, 7) is 9.66. The van der Waals surface area contributed by atoms with Crippen LogP contribution in [0.25, 0.3) is 0 Å². The molecule has 2 aromatic rings. The third-order valence-electron chi connectivity index (χ3n) is 5.24. The number of aryl methyl sites for hydroxylation is 1. The lowest BCUT2D eigenvalue weighted by Crippen LogP contribution is -2.44. The summed E-state index contributed by atoms with van der Waals surface area (Å²) in [4.78, 5) is 19.3. The molecule has 1 aromatic carbocycles. The van der Waals surface area contributed by atoms with Crippen molar-refractivity contribution in [3.8, 4) is 5.75 Å². The minimum Gasteiger partial charge on any atom is -0.489 e. The number of carbonyl (C=O) groups is 1. The Kier molecular flexibility index (Phi) is 5.30. The van der Waals surface area contributed by atoms with Gasteiger partial charge in [0.25, 0.3) is 5.91 Å². The molecule has 1 aliphatic heterocycles. The third-order valence-corrected chi connectivity index (χ3v) is 5.24. The number of hydrogen-bond acceptors (Lipinski definition) is 3. The monoisotopic (exact) mass is 352 g/mol. The second-order valence-corrected chi connectivity index (χ2v) is 7.67. The molecule has 138 valence electrons. The average Bonchev–Trinajstić information content (AvgIpc) is 2.64. The van der Waals surface area contributed by atoms with Crippen molar-refractivity contribution in [3.63, 3.8) is 0 Å². The van der Waals surface area contributed by atoms with E-state index in [1.807, 2.05) is 37.8 Å². The van der Waals surface area contributed by atoms with Crippen LogP contribution in [0.4, 0.5) is 0 Å². The third kappa shape index (κ3) is 3.90. The van der Waals surface area contributed by atoms with Gasteiger partial charge < -0.3 is 9.64 Å². The molecule has 0 atom stereocenters. The number of nitrogens with zero attached hydrogens (tertiary/aromatic N) is 2. The molecule has 0 N–H and O–H groups in total. The first-order valence-electron chi connectivity index (χ1n) is 9.38. The van der Waals surface area contributed by atoms with E-state index < -0.39 is 0 Å². The summed E-state index contributed by atoms with van der Waals surface area (Å²) in [6.07, 6.45) is 2.03. The lowest BCUT2D eigenvalue weighted by Gasteiger charge is -2.39. The van der Waals surface area contributed by atoms with Gasteiger partial charge in [0.05, 0.1) is 11.8 Å². The lowest BCUT2D eigenvalue weighted by molar-refractivity contribution is 0.0669. The Morgan fingerprint density at radius 1 is 1.12 bits per heavy atom. The number of likely N-dealkylation sites (tertiary alicyclic amines) is 1. The first kappa shape index (κ1) is 18.4. The van der Waals surface area contributed by atoms with E-state index in [-0.39, 0.29) is 17.4 Å². The van der Waals surface area contributed by atoms with Crippen molar-refractivity contribution in [2.24, 2.45) is 0 Å². The van der Waals surface area contributed by atoms with Crippen molar-refractivity contribution in [1.29, 1.82) is 0 Å². The largest absolute Gasteiger partial charge is 0.489 e. The van der Waals surface area contributed by atoms with Crippen molar-refractivity contribution >= 4 is 5.91 Å². The van der Waals surface area contributed by atoms with Crippen LogP contribution in [0.3, 0.4) is 0 Å². The quantitative estimate of drug-likeness (QED) is 0.820. The summed E-state index contributed by atoms with van der Waals surface area (Å²) in [5, 5.41) is 0. The van der Waals surface area contributed by atoms with Gasteiger partial charge in [0.2, 0.25) is 0 Å². The molecule has 1 aliphatic rings. The fourth-order valence-electron chi connectivity index (χ4n) is 3.54. The standard InChI is InChI=1S/C22H28N2O2/c1-16(2)26-20-11-10-19(23-17(20)3)21(25)24-14-12-22(4,13-15-24)18-8-6-5-7-9-18/h5-11,16H,12-15H2,1-4H3. The smallest absolute Gasteiger partial charge is 0.272 e. The molecule has 4 nitrogen and oxygen atoms in total. The lowest BCUT2D eigenvalue weighted by atomic mass is 9.74. The Morgan fingerprint density at radius 2 is 1.77 bits per heavy atom. The maximum absolute atomic E-state index is 12.9. The first-order chi connectivity index (χ1) is 12.4.